The van der Waals surface area contributed by atoms with Crippen LogP contribution in [-0.2, 0) is 14.3 Å². The Morgan fingerprint density at radius 1 is 0.517 bits per heavy atom. The Morgan fingerprint density at radius 3 is 1.40 bits per heavy atom. The fourth-order valence-electron chi connectivity index (χ4n) is 7.68. The zero-order valence-corrected chi connectivity index (χ0v) is 38.7. The van der Waals surface area contributed by atoms with Crippen molar-refractivity contribution < 1.29 is 24.5 Å². The number of aliphatic hydroxyl groups excluding tert-OH is 2. The Labute approximate surface area is 360 Å². The Hall–Kier alpha value is -1.92. The second kappa shape index (κ2) is 46.2. The molecular weight excluding hydrogens is 719 g/mol. The Morgan fingerprint density at radius 2 is 0.931 bits per heavy atom. The number of hydrogen-bond donors (Lipinski definition) is 3. The second-order valence-corrected chi connectivity index (χ2v) is 17.2. The second-order valence-electron chi connectivity index (χ2n) is 17.2. The molecule has 0 rings (SSSR count). The third-order valence-corrected chi connectivity index (χ3v) is 11.5. The van der Waals surface area contributed by atoms with Crippen LogP contribution < -0.4 is 5.32 Å². The Bertz CT molecular complexity index is 961. The van der Waals surface area contributed by atoms with E-state index < -0.39 is 18.2 Å². The van der Waals surface area contributed by atoms with E-state index in [2.05, 4.69) is 62.5 Å². The highest BCUT2D eigenvalue weighted by Crippen LogP contribution is 2.18. The van der Waals surface area contributed by atoms with Crippen LogP contribution in [0.3, 0.4) is 0 Å². The fraction of sp³-hybridized carbons (Fsp3) is 0.846. The molecule has 3 unspecified atom stereocenters. The van der Waals surface area contributed by atoms with E-state index in [-0.39, 0.29) is 24.9 Å². The third kappa shape index (κ3) is 40.8. The predicted octanol–water partition coefficient (Wildman–Crippen LogP) is 14.9. The molecule has 340 valence electrons. The highest BCUT2D eigenvalue weighted by atomic mass is 16.5. The van der Waals surface area contributed by atoms with Gasteiger partial charge in [0.25, 0.3) is 0 Å². The molecule has 0 aliphatic rings. The molecule has 0 bridgehead atoms. The molecule has 3 atom stereocenters. The summed E-state index contributed by atoms with van der Waals surface area (Å²) in [6, 6.07) is -0.710. The minimum absolute atomic E-state index is 0.0551. The van der Waals surface area contributed by atoms with Crippen molar-refractivity contribution in [1.82, 2.24) is 5.32 Å². The first-order valence-electron chi connectivity index (χ1n) is 25.2. The van der Waals surface area contributed by atoms with Gasteiger partial charge in [0.05, 0.1) is 25.2 Å². The number of ether oxygens (including phenoxy) is 1. The van der Waals surface area contributed by atoms with Crippen LogP contribution in [0.4, 0.5) is 0 Å². The lowest BCUT2D eigenvalue weighted by Gasteiger charge is -2.24. The van der Waals surface area contributed by atoms with Crippen LogP contribution in [0.5, 0.6) is 0 Å². The van der Waals surface area contributed by atoms with Gasteiger partial charge in [-0.05, 0) is 57.8 Å². The first-order valence-corrected chi connectivity index (χ1v) is 25.2. The van der Waals surface area contributed by atoms with Crippen molar-refractivity contribution in [1.29, 1.82) is 0 Å². The Kier molecular flexibility index (Phi) is 44.6. The quantitative estimate of drug-likeness (QED) is 0.0323. The van der Waals surface area contributed by atoms with Gasteiger partial charge in [-0.2, -0.15) is 0 Å². The average Bonchev–Trinajstić information content (AvgIpc) is 3.22. The van der Waals surface area contributed by atoms with Crippen LogP contribution in [0, 0.1) is 0 Å². The van der Waals surface area contributed by atoms with Crippen molar-refractivity contribution >= 4 is 11.9 Å². The Balaban J connectivity index is 4.57. The molecule has 1 amide bonds. The van der Waals surface area contributed by atoms with Gasteiger partial charge in [-0.15, -0.1) is 0 Å². The van der Waals surface area contributed by atoms with E-state index in [1.807, 2.05) is 0 Å². The molecular formula is C52H97NO5. The fourth-order valence-corrected chi connectivity index (χ4v) is 7.68. The molecule has 0 aliphatic heterocycles. The van der Waals surface area contributed by atoms with Gasteiger partial charge >= 0.3 is 5.97 Å². The molecule has 6 nitrogen and oxygen atoms in total. The highest BCUT2D eigenvalue weighted by Gasteiger charge is 2.24. The van der Waals surface area contributed by atoms with Crippen molar-refractivity contribution in [2.24, 2.45) is 0 Å². The first-order chi connectivity index (χ1) is 28.5. The molecule has 0 heterocycles. The summed E-state index contributed by atoms with van der Waals surface area (Å²) in [6.45, 7) is 6.36. The lowest BCUT2D eigenvalue weighted by atomic mass is 10.0. The van der Waals surface area contributed by atoms with Gasteiger partial charge in [-0.3, -0.25) is 9.59 Å². The summed E-state index contributed by atoms with van der Waals surface area (Å²) in [4.78, 5) is 26.1. The van der Waals surface area contributed by atoms with Gasteiger partial charge in [0.1, 0.15) is 6.10 Å². The molecule has 58 heavy (non-hydrogen) atoms. The van der Waals surface area contributed by atoms with E-state index in [0.29, 0.717) is 19.3 Å². The van der Waals surface area contributed by atoms with Crippen molar-refractivity contribution in [2.75, 3.05) is 6.61 Å². The van der Waals surface area contributed by atoms with Gasteiger partial charge in [-0.25, -0.2) is 0 Å². The lowest BCUT2D eigenvalue weighted by molar-refractivity contribution is -0.151. The summed E-state index contributed by atoms with van der Waals surface area (Å²) < 4.78 is 5.90. The number of hydrogen-bond acceptors (Lipinski definition) is 5. The number of esters is 1. The summed E-state index contributed by atoms with van der Waals surface area (Å²) in [7, 11) is 0. The van der Waals surface area contributed by atoms with E-state index >= 15 is 0 Å². The topological polar surface area (TPSA) is 95.9 Å². The minimum atomic E-state index is -0.794. The van der Waals surface area contributed by atoms with Gasteiger partial charge < -0.3 is 20.3 Å². The van der Waals surface area contributed by atoms with Gasteiger partial charge in [0.15, 0.2) is 0 Å². The maximum Gasteiger partial charge on any atom is 0.306 e. The number of nitrogens with one attached hydrogen (secondary N) is 1. The molecule has 0 fully saturated rings. The maximum atomic E-state index is 13.2. The normalized spacial score (nSPS) is 13.5. The van der Waals surface area contributed by atoms with Crippen LogP contribution in [0.15, 0.2) is 36.5 Å². The largest absolute Gasteiger partial charge is 0.462 e. The summed E-state index contributed by atoms with van der Waals surface area (Å²) in [6.07, 6.45) is 53.5. The minimum Gasteiger partial charge on any atom is -0.462 e. The molecule has 6 heteroatoms. The number of allylic oxidation sites excluding steroid dienone is 6. The number of carbonyl (C=O) groups excluding carboxylic acids is 2. The van der Waals surface area contributed by atoms with E-state index in [1.165, 1.54) is 135 Å². The molecule has 0 aromatic heterocycles. The SMILES string of the molecule is CC/C=C/C/C=C/C/C=C/CCCCC(CC(=O)NC(CO)C(O)CCCCCCCCCCCCCCCC)OC(=O)CCCCCCCCCCCCCCC. The maximum absolute atomic E-state index is 13.2. The zero-order valence-electron chi connectivity index (χ0n) is 38.7. The average molecular weight is 816 g/mol. The van der Waals surface area contributed by atoms with Crippen LogP contribution in [0.2, 0.25) is 0 Å². The van der Waals surface area contributed by atoms with Crippen molar-refractivity contribution in [3.63, 3.8) is 0 Å². The molecule has 3 N–H and O–H groups in total. The van der Waals surface area contributed by atoms with Crippen LogP contribution in [-0.4, -0.2) is 46.9 Å². The van der Waals surface area contributed by atoms with E-state index in [4.69, 9.17) is 4.74 Å². The molecule has 0 spiro atoms. The standard InChI is InChI=1S/C52H97NO5/c1-4-7-10-13-16-19-22-25-27-29-32-35-38-41-44-50(55)49(47-54)53-51(56)46-48(43-40-37-34-31-28-24-21-18-15-12-9-6-3)58-52(57)45-42-39-36-33-30-26-23-20-17-14-11-8-5-2/h9,12,18,21,28,31,48-50,54-55H,4-8,10-11,13-17,19-20,22-27,29-30,32-47H2,1-3H3,(H,53,56)/b12-9+,21-18+,31-28+. The van der Waals surface area contributed by atoms with Crippen LogP contribution >= 0.6 is 0 Å². The van der Waals surface area contributed by atoms with Crippen LogP contribution in [0.25, 0.3) is 0 Å². The molecule has 0 aromatic carbocycles. The van der Waals surface area contributed by atoms with E-state index in [0.717, 1.165) is 77.0 Å². The lowest BCUT2D eigenvalue weighted by Crippen LogP contribution is -2.46. The molecule has 0 saturated carbocycles. The summed E-state index contributed by atoms with van der Waals surface area (Å²) in [5.74, 6) is -0.504. The zero-order chi connectivity index (χ0) is 42.4. The van der Waals surface area contributed by atoms with Crippen LogP contribution in [0.1, 0.15) is 258 Å². The number of amides is 1. The van der Waals surface area contributed by atoms with Crippen molar-refractivity contribution in [3.8, 4) is 0 Å². The molecule has 0 aromatic rings. The summed E-state index contributed by atoms with van der Waals surface area (Å²) >= 11 is 0. The van der Waals surface area contributed by atoms with Gasteiger partial charge in [-0.1, -0.05) is 224 Å². The number of unbranched alkanes of at least 4 members (excludes halogenated alkanes) is 27. The predicted molar refractivity (Wildman–Crippen MR) is 250 cm³/mol. The van der Waals surface area contributed by atoms with E-state index in [9.17, 15) is 19.8 Å². The number of rotatable bonds is 45. The summed E-state index contributed by atoms with van der Waals surface area (Å²) in [5.41, 5.74) is 0. The highest BCUT2D eigenvalue weighted by molar-refractivity contribution is 5.77. The number of carbonyl (C=O) groups is 2. The molecule has 0 radical (unpaired) electrons. The van der Waals surface area contributed by atoms with Crippen molar-refractivity contribution in [2.45, 2.75) is 277 Å². The third-order valence-electron chi connectivity index (χ3n) is 11.5. The molecule has 0 aliphatic carbocycles. The molecule has 0 saturated heterocycles. The van der Waals surface area contributed by atoms with E-state index in [1.54, 1.807) is 0 Å². The van der Waals surface area contributed by atoms with Gasteiger partial charge in [0.2, 0.25) is 5.91 Å². The van der Waals surface area contributed by atoms with Crippen molar-refractivity contribution in [3.05, 3.63) is 36.5 Å². The number of aliphatic hydroxyl groups is 2. The smallest absolute Gasteiger partial charge is 0.306 e. The van der Waals surface area contributed by atoms with Gasteiger partial charge in [0, 0.05) is 6.42 Å². The monoisotopic (exact) mass is 816 g/mol. The summed E-state index contributed by atoms with van der Waals surface area (Å²) in [5, 5.41) is 23.7. The first kappa shape index (κ1) is 56.1.